The van der Waals surface area contributed by atoms with Gasteiger partial charge >= 0.3 is 0 Å². The molecule has 0 aliphatic carbocycles. The highest BCUT2D eigenvalue weighted by molar-refractivity contribution is 7.91. The summed E-state index contributed by atoms with van der Waals surface area (Å²) in [7, 11) is -3.49. The number of sulfonamides is 1. The van der Waals surface area contributed by atoms with Crippen LogP contribution in [-0.4, -0.2) is 26.7 Å². The van der Waals surface area contributed by atoms with Crippen molar-refractivity contribution in [2.24, 2.45) is 5.92 Å². The molecule has 4 nitrogen and oxygen atoms in total. The topological polar surface area (TPSA) is 66.4 Å². The van der Waals surface area contributed by atoms with E-state index >= 15 is 0 Å². The third kappa shape index (κ3) is 3.43. The molecule has 0 spiro atoms. The smallest absolute Gasteiger partial charge is 0.250 e. The lowest BCUT2D eigenvalue weighted by Gasteiger charge is -2.08. The highest BCUT2D eigenvalue weighted by Gasteiger charge is 2.18. The van der Waals surface area contributed by atoms with Gasteiger partial charge in [0.05, 0.1) is 4.34 Å². The van der Waals surface area contributed by atoms with Crippen LogP contribution in [0, 0.1) is 12.8 Å². The zero-order valence-electron chi connectivity index (χ0n) is 9.03. The Morgan fingerprint density at radius 2 is 2.25 bits per heavy atom. The predicted octanol–water partition coefficient (Wildman–Crippen LogP) is 1.62. The minimum atomic E-state index is -3.49. The van der Waals surface area contributed by atoms with Crippen LogP contribution in [0.3, 0.4) is 0 Å². The average Bonchev–Trinajstić information content (AvgIpc) is 2.56. The van der Waals surface area contributed by atoms with E-state index < -0.39 is 10.0 Å². The summed E-state index contributed by atoms with van der Waals surface area (Å²) >= 11 is 6.84. The van der Waals surface area contributed by atoms with E-state index in [1.807, 2.05) is 0 Å². The maximum absolute atomic E-state index is 11.8. The molecule has 0 fully saturated rings. The van der Waals surface area contributed by atoms with Gasteiger partial charge in [-0.2, -0.15) is 0 Å². The van der Waals surface area contributed by atoms with Crippen LogP contribution in [0.1, 0.15) is 12.5 Å². The number of aryl methyl sites for hydroxylation is 1. The molecule has 92 valence electrons. The highest BCUT2D eigenvalue weighted by atomic mass is 35.5. The van der Waals surface area contributed by atoms with Gasteiger partial charge in [-0.25, -0.2) is 13.1 Å². The Morgan fingerprint density at radius 1 is 1.62 bits per heavy atom. The second-order valence-corrected chi connectivity index (χ2v) is 7.31. The summed E-state index contributed by atoms with van der Waals surface area (Å²) in [5, 5.41) is 8.80. The molecule has 0 aliphatic rings. The Morgan fingerprint density at radius 3 is 2.69 bits per heavy atom. The number of nitrogens with one attached hydrogen (secondary N) is 1. The Labute approximate surface area is 104 Å². The van der Waals surface area contributed by atoms with Gasteiger partial charge in [0.1, 0.15) is 4.21 Å². The normalized spacial score (nSPS) is 14.0. The van der Waals surface area contributed by atoms with Crippen molar-refractivity contribution < 1.29 is 13.5 Å². The summed E-state index contributed by atoms with van der Waals surface area (Å²) in [6.07, 6.45) is 0. The summed E-state index contributed by atoms with van der Waals surface area (Å²) in [5.41, 5.74) is 0.752. The van der Waals surface area contributed by atoms with Crippen LogP contribution in [0.4, 0.5) is 0 Å². The van der Waals surface area contributed by atoms with Crippen LogP contribution in [-0.2, 0) is 10.0 Å². The molecule has 0 saturated heterocycles. The van der Waals surface area contributed by atoms with Gasteiger partial charge < -0.3 is 5.11 Å². The van der Waals surface area contributed by atoms with E-state index in [-0.39, 0.29) is 23.3 Å². The van der Waals surface area contributed by atoms with E-state index in [1.54, 1.807) is 19.9 Å². The quantitative estimate of drug-likeness (QED) is 0.863. The Balaban J connectivity index is 2.78. The molecule has 1 atom stereocenters. The first kappa shape index (κ1) is 13.9. The van der Waals surface area contributed by atoms with Gasteiger partial charge in [0.2, 0.25) is 10.0 Å². The van der Waals surface area contributed by atoms with Crippen molar-refractivity contribution in [1.29, 1.82) is 0 Å². The largest absolute Gasteiger partial charge is 0.396 e. The third-order valence-corrected chi connectivity index (χ3v) is 5.49. The predicted molar refractivity (Wildman–Crippen MR) is 65.5 cm³/mol. The SMILES string of the molecule is Cc1cc(S(=O)(=O)NCC(C)CO)sc1Cl. The van der Waals surface area contributed by atoms with Crippen molar-refractivity contribution in [2.45, 2.75) is 18.1 Å². The molecule has 0 bridgehead atoms. The van der Waals surface area contributed by atoms with E-state index in [9.17, 15) is 8.42 Å². The van der Waals surface area contributed by atoms with Crippen LogP contribution < -0.4 is 4.72 Å². The Hall–Kier alpha value is -0.140. The lowest BCUT2D eigenvalue weighted by Crippen LogP contribution is -2.29. The molecule has 2 N–H and O–H groups in total. The minimum absolute atomic E-state index is 0.0489. The highest BCUT2D eigenvalue weighted by Crippen LogP contribution is 2.29. The summed E-state index contributed by atoms with van der Waals surface area (Å²) < 4.78 is 26.7. The van der Waals surface area contributed by atoms with Crippen LogP contribution in [0.15, 0.2) is 10.3 Å². The first-order chi connectivity index (χ1) is 7.36. The first-order valence-electron chi connectivity index (χ1n) is 4.73. The average molecular weight is 284 g/mol. The number of halogens is 1. The number of thiophene rings is 1. The summed E-state index contributed by atoms with van der Waals surface area (Å²) in [4.78, 5) is 0. The van der Waals surface area contributed by atoms with Crippen LogP contribution >= 0.6 is 22.9 Å². The van der Waals surface area contributed by atoms with E-state index in [1.165, 1.54) is 0 Å². The Kier molecular flexibility index (Phi) is 4.75. The van der Waals surface area contributed by atoms with Crippen LogP contribution in [0.5, 0.6) is 0 Å². The molecule has 0 saturated carbocycles. The first-order valence-corrected chi connectivity index (χ1v) is 7.41. The van der Waals surface area contributed by atoms with E-state index in [0.29, 0.717) is 4.34 Å². The van der Waals surface area contributed by atoms with Crippen molar-refractivity contribution in [1.82, 2.24) is 4.72 Å². The lowest BCUT2D eigenvalue weighted by molar-refractivity contribution is 0.238. The summed E-state index contributed by atoms with van der Waals surface area (Å²) in [6.45, 7) is 3.68. The maximum Gasteiger partial charge on any atom is 0.250 e. The third-order valence-electron chi connectivity index (χ3n) is 2.03. The molecule has 1 aromatic heterocycles. The number of rotatable bonds is 5. The number of hydrogen-bond acceptors (Lipinski definition) is 4. The van der Waals surface area contributed by atoms with Gasteiger partial charge in [-0.15, -0.1) is 11.3 Å². The van der Waals surface area contributed by atoms with Crippen molar-refractivity contribution in [3.05, 3.63) is 16.0 Å². The maximum atomic E-state index is 11.8. The number of hydrogen-bond donors (Lipinski definition) is 2. The number of aliphatic hydroxyl groups is 1. The molecule has 16 heavy (non-hydrogen) atoms. The molecule has 1 aromatic rings. The number of aliphatic hydroxyl groups excluding tert-OH is 1. The minimum Gasteiger partial charge on any atom is -0.396 e. The fraction of sp³-hybridized carbons (Fsp3) is 0.556. The van der Waals surface area contributed by atoms with Crippen LogP contribution in [0.25, 0.3) is 0 Å². The fourth-order valence-corrected chi connectivity index (χ4v) is 3.87. The second kappa shape index (κ2) is 5.46. The Bertz CT molecular complexity index is 436. The van der Waals surface area contributed by atoms with Gasteiger partial charge in [-0.05, 0) is 24.5 Å². The van der Waals surface area contributed by atoms with Gasteiger partial charge in [0.15, 0.2) is 0 Å². The molecule has 0 aliphatic heterocycles. The fourth-order valence-electron chi connectivity index (χ4n) is 0.952. The van der Waals surface area contributed by atoms with Gasteiger partial charge in [-0.1, -0.05) is 18.5 Å². The molecule has 1 heterocycles. The van der Waals surface area contributed by atoms with Crippen molar-refractivity contribution in [2.75, 3.05) is 13.2 Å². The van der Waals surface area contributed by atoms with Gasteiger partial charge in [-0.3, -0.25) is 0 Å². The standard InChI is InChI=1S/C9H14ClNO3S2/c1-6(5-12)4-11-16(13,14)8-3-7(2)9(10)15-8/h3,6,11-12H,4-5H2,1-2H3. The molecule has 0 aromatic carbocycles. The summed E-state index contributed by atoms with van der Waals surface area (Å²) in [5.74, 6) is -0.105. The molecule has 1 rings (SSSR count). The van der Waals surface area contributed by atoms with Gasteiger partial charge in [0, 0.05) is 13.2 Å². The molecular weight excluding hydrogens is 270 g/mol. The van der Waals surface area contributed by atoms with Crippen molar-refractivity contribution in [3.8, 4) is 0 Å². The van der Waals surface area contributed by atoms with Crippen molar-refractivity contribution in [3.63, 3.8) is 0 Å². The van der Waals surface area contributed by atoms with Crippen LogP contribution in [0.2, 0.25) is 4.34 Å². The molecule has 1 unspecified atom stereocenters. The molecule has 0 amide bonds. The van der Waals surface area contributed by atoms with E-state index in [0.717, 1.165) is 16.9 Å². The van der Waals surface area contributed by atoms with Gasteiger partial charge in [0.25, 0.3) is 0 Å². The second-order valence-electron chi connectivity index (χ2n) is 3.66. The van der Waals surface area contributed by atoms with Crippen molar-refractivity contribution >= 4 is 33.0 Å². The molecule has 7 heteroatoms. The monoisotopic (exact) mass is 283 g/mol. The summed E-state index contributed by atoms with van der Waals surface area (Å²) in [6, 6.07) is 1.54. The van der Waals surface area contributed by atoms with E-state index in [4.69, 9.17) is 16.7 Å². The zero-order chi connectivity index (χ0) is 12.3. The zero-order valence-corrected chi connectivity index (χ0v) is 11.4. The lowest BCUT2D eigenvalue weighted by atomic mass is 10.2. The molecular formula is C9H14ClNO3S2. The van der Waals surface area contributed by atoms with E-state index in [2.05, 4.69) is 4.72 Å². The molecule has 0 radical (unpaired) electrons.